The molecule has 0 aromatic carbocycles. The van der Waals surface area contributed by atoms with Gasteiger partial charge in [-0.2, -0.15) is 10.4 Å². The summed E-state index contributed by atoms with van der Waals surface area (Å²) in [6, 6.07) is 4.06. The van der Waals surface area contributed by atoms with Gasteiger partial charge in [0.05, 0.1) is 24.0 Å². The predicted molar refractivity (Wildman–Crippen MR) is 103 cm³/mol. The molecule has 0 aliphatic rings. The highest BCUT2D eigenvalue weighted by atomic mass is 79.9. The zero-order valence-electron chi connectivity index (χ0n) is 13.9. The maximum Gasteiger partial charge on any atom is 0.134 e. The molecule has 2 N–H and O–H groups in total. The van der Waals surface area contributed by atoms with Crippen LogP contribution in [0.4, 0.5) is 5.82 Å². The van der Waals surface area contributed by atoms with Crippen molar-refractivity contribution in [3.8, 4) is 17.3 Å². The van der Waals surface area contributed by atoms with Gasteiger partial charge in [-0.3, -0.25) is 9.67 Å². The number of nitrogen functional groups attached to an aromatic ring is 1. The molecule has 0 radical (unpaired) electrons. The van der Waals surface area contributed by atoms with Crippen LogP contribution in [0.5, 0.6) is 0 Å². The second-order valence-electron chi connectivity index (χ2n) is 5.58. The Morgan fingerprint density at radius 2 is 2.19 bits per heavy atom. The molecule has 3 aromatic heterocycles. The number of hydrogen-bond acceptors (Lipinski definition) is 6. The van der Waals surface area contributed by atoms with Crippen LogP contribution in [0.25, 0.3) is 17.3 Å². The fraction of sp³-hybridized carbons (Fsp3) is 0.167. The lowest BCUT2D eigenvalue weighted by atomic mass is 10.0. The van der Waals surface area contributed by atoms with E-state index in [2.05, 4.69) is 48.6 Å². The summed E-state index contributed by atoms with van der Waals surface area (Å²) in [5.74, 6) is 0.370. The van der Waals surface area contributed by atoms with Crippen molar-refractivity contribution in [3.05, 3.63) is 59.4 Å². The van der Waals surface area contributed by atoms with E-state index in [1.165, 1.54) is 6.33 Å². The third-order valence-electron chi connectivity index (χ3n) is 3.95. The number of hydrogen-bond donors (Lipinski definition) is 1. The first-order valence-electron chi connectivity index (χ1n) is 7.89. The van der Waals surface area contributed by atoms with E-state index in [9.17, 15) is 0 Å². The third-order valence-corrected chi connectivity index (χ3v) is 4.39. The minimum absolute atomic E-state index is 0.111. The van der Waals surface area contributed by atoms with Crippen LogP contribution in [0.15, 0.2) is 48.2 Å². The molecular weight excluding hydrogens is 394 g/mol. The van der Waals surface area contributed by atoms with E-state index >= 15 is 0 Å². The van der Waals surface area contributed by atoms with Gasteiger partial charge in [-0.25, -0.2) is 9.97 Å². The highest BCUT2D eigenvalue weighted by Gasteiger charge is 2.18. The highest BCUT2D eigenvalue weighted by Crippen LogP contribution is 2.29. The lowest BCUT2D eigenvalue weighted by molar-refractivity contribution is 0.494. The summed E-state index contributed by atoms with van der Waals surface area (Å²) in [6.45, 7) is 3.78. The zero-order chi connectivity index (χ0) is 18.5. The zero-order valence-corrected chi connectivity index (χ0v) is 15.5. The Morgan fingerprint density at radius 1 is 1.35 bits per heavy atom. The number of rotatable bonds is 6. The minimum Gasteiger partial charge on any atom is -0.383 e. The quantitative estimate of drug-likeness (QED) is 0.665. The van der Waals surface area contributed by atoms with Gasteiger partial charge in [0.1, 0.15) is 12.1 Å². The first kappa shape index (κ1) is 17.8. The summed E-state index contributed by atoms with van der Waals surface area (Å²) >= 11 is 3.44. The lowest BCUT2D eigenvalue weighted by Gasteiger charge is -2.16. The van der Waals surface area contributed by atoms with E-state index in [4.69, 9.17) is 11.0 Å². The molecule has 3 heterocycles. The second kappa shape index (κ2) is 7.89. The first-order chi connectivity index (χ1) is 12.6. The van der Waals surface area contributed by atoms with Crippen molar-refractivity contribution in [2.24, 2.45) is 0 Å². The van der Waals surface area contributed by atoms with Crippen molar-refractivity contribution in [2.45, 2.75) is 18.9 Å². The molecule has 1 unspecified atom stereocenters. The number of anilines is 1. The Hall–Kier alpha value is -3.05. The van der Waals surface area contributed by atoms with E-state index in [-0.39, 0.29) is 6.04 Å². The van der Waals surface area contributed by atoms with Gasteiger partial charge in [-0.05, 0) is 34.0 Å². The molecule has 0 bridgehead atoms. The minimum atomic E-state index is -0.111. The summed E-state index contributed by atoms with van der Waals surface area (Å²) in [7, 11) is 0. The van der Waals surface area contributed by atoms with E-state index in [1.807, 2.05) is 16.9 Å². The number of nitrogens with two attached hydrogens (primary N) is 1. The molecule has 0 spiro atoms. The molecule has 26 heavy (non-hydrogen) atoms. The van der Waals surface area contributed by atoms with Crippen LogP contribution in [0, 0.1) is 11.3 Å². The number of aromatic nitrogens is 5. The topological polar surface area (TPSA) is 106 Å². The Kier molecular flexibility index (Phi) is 5.39. The van der Waals surface area contributed by atoms with E-state index < -0.39 is 0 Å². The maximum atomic E-state index is 9.00. The lowest BCUT2D eigenvalue weighted by Crippen LogP contribution is -2.11. The third kappa shape index (κ3) is 3.63. The largest absolute Gasteiger partial charge is 0.383 e. The van der Waals surface area contributed by atoms with Crippen LogP contribution < -0.4 is 5.73 Å². The summed E-state index contributed by atoms with van der Waals surface area (Å²) < 4.78 is 2.70. The summed E-state index contributed by atoms with van der Waals surface area (Å²) in [4.78, 5) is 12.5. The van der Waals surface area contributed by atoms with Crippen molar-refractivity contribution < 1.29 is 0 Å². The molecule has 7 nitrogen and oxygen atoms in total. The van der Waals surface area contributed by atoms with Crippen molar-refractivity contribution in [1.29, 1.82) is 5.26 Å². The van der Waals surface area contributed by atoms with Crippen LogP contribution in [-0.4, -0.2) is 24.7 Å². The van der Waals surface area contributed by atoms with Gasteiger partial charge in [-0.1, -0.05) is 12.7 Å². The van der Waals surface area contributed by atoms with Gasteiger partial charge < -0.3 is 5.73 Å². The van der Waals surface area contributed by atoms with Crippen LogP contribution in [0.2, 0.25) is 0 Å². The van der Waals surface area contributed by atoms with Crippen LogP contribution in [-0.2, 0) is 0 Å². The van der Waals surface area contributed by atoms with E-state index in [0.29, 0.717) is 29.9 Å². The number of halogens is 1. The Labute approximate surface area is 159 Å². The molecule has 0 saturated heterocycles. The number of nitrogens with zero attached hydrogens (tertiary/aromatic N) is 6. The molecule has 3 aromatic rings. The normalized spacial score (nSPS) is 11.7. The predicted octanol–water partition coefficient (Wildman–Crippen LogP) is 3.62. The monoisotopic (exact) mass is 409 g/mol. The van der Waals surface area contributed by atoms with Crippen molar-refractivity contribution in [1.82, 2.24) is 24.7 Å². The molecule has 0 aliphatic carbocycles. The van der Waals surface area contributed by atoms with Crippen molar-refractivity contribution in [2.75, 3.05) is 5.73 Å². The molecule has 130 valence electrons. The van der Waals surface area contributed by atoms with Crippen molar-refractivity contribution >= 4 is 27.8 Å². The Bertz CT molecular complexity index is 974. The molecule has 8 heteroatoms. The first-order valence-corrected chi connectivity index (χ1v) is 8.68. The van der Waals surface area contributed by atoms with Crippen LogP contribution in [0.3, 0.4) is 0 Å². The van der Waals surface area contributed by atoms with Gasteiger partial charge in [-0.15, -0.1) is 0 Å². The molecule has 0 aliphatic heterocycles. The molecule has 3 rings (SSSR count). The maximum absolute atomic E-state index is 9.00. The van der Waals surface area contributed by atoms with Gasteiger partial charge in [0.15, 0.2) is 0 Å². The summed E-state index contributed by atoms with van der Waals surface area (Å²) in [5.41, 5.74) is 9.03. The van der Waals surface area contributed by atoms with E-state index in [1.54, 1.807) is 24.7 Å². The summed E-state index contributed by atoms with van der Waals surface area (Å²) in [6.07, 6.45) is 11.2. The molecule has 1 atom stereocenters. The standard InChI is InChI=1S/C18H16BrN7/c1-2-15-17(23-11-24-18(15)21)13-8-25-26(10-13)16(4-3-5-20)12-6-14(19)9-22-7-12/h2,6-11,16H,1,3-4H2,(H2,21,23,24). The average molecular weight is 410 g/mol. The molecule has 0 saturated carbocycles. The SMILES string of the molecule is C=Cc1c(N)ncnc1-c1cnn(C(CCC#N)c2cncc(Br)c2)c1. The number of pyridine rings is 1. The molecule has 0 amide bonds. The van der Waals surface area contributed by atoms with Gasteiger partial charge in [0.2, 0.25) is 0 Å². The van der Waals surface area contributed by atoms with Crippen LogP contribution in [0.1, 0.15) is 30.0 Å². The fourth-order valence-corrected chi connectivity index (χ4v) is 3.12. The van der Waals surface area contributed by atoms with Gasteiger partial charge in [0, 0.05) is 40.6 Å². The van der Waals surface area contributed by atoms with Gasteiger partial charge >= 0.3 is 0 Å². The molecular formula is C18H16BrN7. The fourth-order valence-electron chi connectivity index (χ4n) is 2.73. The number of nitriles is 1. The smallest absolute Gasteiger partial charge is 0.134 e. The van der Waals surface area contributed by atoms with E-state index in [0.717, 1.165) is 15.6 Å². The second-order valence-corrected chi connectivity index (χ2v) is 6.50. The van der Waals surface area contributed by atoms with Gasteiger partial charge in [0.25, 0.3) is 0 Å². The average Bonchev–Trinajstić information content (AvgIpc) is 3.11. The Balaban J connectivity index is 2.02. The Morgan fingerprint density at radius 3 is 2.92 bits per heavy atom. The van der Waals surface area contributed by atoms with Crippen molar-refractivity contribution in [3.63, 3.8) is 0 Å². The van der Waals surface area contributed by atoms with Crippen LogP contribution >= 0.6 is 15.9 Å². The summed E-state index contributed by atoms with van der Waals surface area (Å²) in [5, 5.41) is 13.5. The molecule has 0 fully saturated rings. The highest BCUT2D eigenvalue weighted by molar-refractivity contribution is 9.10.